The molecule has 2 saturated heterocycles. The van der Waals surface area contributed by atoms with Crippen LogP contribution >= 0.6 is 23.2 Å². The molecule has 0 bridgehead atoms. The third kappa shape index (κ3) is 8.03. The van der Waals surface area contributed by atoms with Crippen molar-refractivity contribution >= 4 is 57.9 Å². The zero-order chi connectivity index (χ0) is 30.2. The average molecular weight is 628 g/mol. The molecule has 10 nitrogen and oxygen atoms in total. The van der Waals surface area contributed by atoms with Gasteiger partial charge in [0.2, 0.25) is 0 Å². The Labute approximate surface area is 261 Å². The molecule has 228 valence electrons. The lowest BCUT2D eigenvalue weighted by atomic mass is 10.1. The molecule has 0 atom stereocenters. The topological polar surface area (TPSA) is 98.4 Å². The van der Waals surface area contributed by atoms with Crippen molar-refractivity contribution in [3.05, 3.63) is 76.3 Å². The molecular formula is C31H36Cl2N6O4. The Kier molecular flexibility index (Phi) is 10.5. The van der Waals surface area contributed by atoms with Gasteiger partial charge in [0.25, 0.3) is 5.91 Å². The van der Waals surface area contributed by atoms with E-state index in [0.717, 1.165) is 62.9 Å². The van der Waals surface area contributed by atoms with Gasteiger partial charge in [-0.3, -0.25) is 9.69 Å². The quantitative estimate of drug-likeness (QED) is 0.306. The number of hydrogen-bond donors (Lipinski definition) is 3. The highest BCUT2D eigenvalue weighted by atomic mass is 35.5. The summed E-state index contributed by atoms with van der Waals surface area (Å²) in [5, 5.41) is 9.39. The van der Waals surface area contributed by atoms with Crippen LogP contribution in [0.5, 0.6) is 5.75 Å². The number of piperazine rings is 1. The first-order valence-electron chi connectivity index (χ1n) is 14.3. The molecule has 3 amide bonds. The maximum atomic E-state index is 13.6. The van der Waals surface area contributed by atoms with Crippen molar-refractivity contribution < 1.29 is 19.1 Å². The number of amides is 3. The van der Waals surface area contributed by atoms with Crippen LogP contribution in [0.15, 0.2) is 60.7 Å². The van der Waals surface area contributed by atoms with Gasteiger partial charge in [-0.25, -0.2) is 4.79 Å². The second-order valence-electron chi connectivity index (χ2n) is 10.3. The maximum Gasteiger partial charge on any atom is 0.323 e. The number of methoxy groups -OCH3 is 1. The molecule has 43 heavy (non-hydrogen) atoms. The monoisotopic (exact) mass is 626 g/mol. The fourth-order valence-corrected chi connectivity index (χ4v) is 5.56. The van der Waals surface area contributed by atoms with Gasteiger partial charge in [0.1, 0.15) is 5.75 Å². The van der Waals surface area contributed by atoms with Crippen LogP contribution < -0.4 is 30.5 Å². The third-order valence-electron chi connectivity index (χ3n) is 7.54. The number of nitrogens with one attached hydrogen (secondary N) is 3. The van der Waals surface area contributed by atoms with Crippen LogP contribution in [-0.2, 0) is 4.74 Å². The summed E-state index contributed by atoms with van der Waals surface area (Å²) in [5.41, 5.74) is 3.36. The van der Waals surface area contributed by atoms with Gasteiger partial charge in [0.05, 0.1) is 41.6 Å². The lowest BCUT2D eigenvalue weighted by molar-refractivity contribution is 0.0383. The van der Waals surface area contributed by atoms with Crippen LogP contribution in [0.2, 0.25) is 10.0 Å². The summed E-state index contributed by atoms with van der Waals surface area (Å²) in [6.45, 7) is 7.34. The fraction of sp³-hybridized carbons (Fsp3) is 0.355. The Morgan fingerprint density at radius 2 is 1.47 bits per heavy atom. The van der Waals surface area contributed by atoms with Crippen LogP contribution in [0.3, 0.4) is 0 Å². The van der Waals surface area contributed by atoms with Gasteiger partial charge in [-0.15, -0.1) is 0 Å². The number of carbonyl (C=O) groups is 2. The lowest BCUT2D eigenvalue weighted by Gasteiger charge is -2.38. The number of morpholine rings is 1. The molecular weight excluding hydrogens is 591 g/mol. The van der Waals surface area contributed by atoms with Crippen LogP contribution in [0.4, 0.5) is 27.5 Å². The van der Waals surface area contributed by atoms with Crippen molar-refractivity contribution in [1.82, 2.24) is 10.2 Å². The van der Waals surface area contributed by atoms with E-state index < -0.39 is 6.03 Å². The summed E-state index contributed by atoms with van der Waals surface area (Å²) in [5.74, 6) is 0.648. The first kappa shape index (κ1) is 30.7. The average Bonchev–Trinajstić information content (AvgIpc) is 3.03. The largest absolute Gasteiger partial charge is 0.495 e. The molecule has 0 aromatic heterocycles. The second kappa shape index (κ2) is 14.7. The number of carbonyl (C=O) groups excluding carboxylic acids is 2. The van der Waals surface area contributed by atoms with E-state index >= 15 is 0 Å². The molecule has 12 heteroatoms. The fourth-order valence-electron chi connectivity index (χ4n) is 5.27. The number of nitrogens with zero attached hydrogens (tertiary/aromatic N) is 3. The molecule has 0 spiro atoms. The van der Waals surface area contributed by atoms with E-state index in [1.54, 1.807) is 37.4 Å². The number of halogens is 2. The van der Waals surface area contributed by atoms with Gasteiger partial charge >= 0.3 is 6.03 Å². The number of anilines is 4. The number of urea groups is 1. The van der Waals surface area contributed by atoms with Gasteiger partial charge in [0, 0.05) is 69.4 Å². The van der Waals surface area contributed by atoms with Crippen LogP contribution in [0, 0.1) is 0 Å². The van der Waals surface area contributed by atoms with Crippen molar-refractivity contribution in [2.24, 2.45) is 0 Å². The zero-order valence-corrected chi connectivity index (χ0v) is 25.6. The summed E-state index contributed by atoms with van der Waals surface area (Å²) in [6, 6.07) is 17.8. The molecule has 0 aliphatic carbocycles. The van der Waals surface area contributed by atoms with E-state index in [-0.39, 0.29) is 5.91 Å². The standard InChI is InChI=1S/C31H36Cl2N6O4/c1-42-29-5-3-2-4-28(29)39-14-12-38(13-15-39)27-9-7-22(35-31(41)36-23-6-8-25(32)26(33)21-23)20-24(27)30(40)34-10-11-37-16-18-43-19-17-37/h2-9,20-21H,10-19H2,1H3,(H,34,40)(H2,35,36,41). The van der Waals surface area contributed by atoms with E-state index in [1.807, 2.05) is 24.3 Å². The summed E-state index contributed by atoms with van der Waals surface area (Å²) >= 11 is 12.1. The highest BCUT2D eigenvalue weighted by Crippen LogP contribution is 2.31. The molecule has 2 aliphatic rings. The number of benzene rings is 3. The minimum atomic E-state index is -0.463. The van der Waals surface area contributed by atoms with Gasteiger partial charge in [-0.05, 0) is 48.5 Å². The van der Waals surface area contributed by atoms with Crippen molar-refractivity contribution in [3.63, 3.8) is 0 Å². The van der Waals surface area contributed by atoms with Crippen molar-refractivity contribution in [2.45, 2.75) is 0 Å². The van der Waals surface area contributed by atoms with Gasteiger partial charge in [-0.2, -0.15) is 0 Å². The Balaban J connectivity index is 1.29. The van der Waals surface area contributed by atoms with Gasteiger partial charge in [0.15, 0.2) is 0 Å². The van der Waals surface area contributed by atoms with Crippen LogP contribution in [0.1, 0.15) is 10.4 Å². The van der Waals surface area contributed by atoms with Gasteiger partial charge < -0.3 is 35.2 Å². The predicted molar refractivity (Wildman–Crippen MR) is 173 cm³/mol. The zero-order valence-electron chi connectivity index (χ0n) is 24.1. The molecule has 0 radical (unpaired) electrons. The summed E-state index contributed by atoms with van der Waals surface area (Å²) in [6.07, 6.45) is 0. The van der Waals surface area contributed by atoms with Crippen LogP contribution in [0.25, 0.3) is 0 Å². The van der Waals surface area contributed by atoms with E-state index in [0.29, 0.717) is 46.7 Å². The molecule has 3 aromatic carbocycles. The SMILES string of the molecule is COc1ccccc1N1CCN(c2ccc(NC(=O)Nc3ccc(Cl)c(Cl)c3)cc2C(=O)NCCN2CCOCC2)CC1. The predicted octanol–water partition coefficient (Wildman–Crippen LogP) is 5.03. The summed E-state index contributed by atoms with van der Waals surface area (Å²) < 4.78 is 11.0. The first-order chi connectivity index (χ1) is 20.9. The highest BCUT2D eigenvalue weighted by Gasteiger charge is 2.24. The lowest BCUT2D eigenvalue weighted by Crippen LogP contribution is -2.47. The molecule has 0 saturated carbocycles. The Morgan fingerprint density at radius 3 is 2.16 bits per heavy atom. The number of rotatable bonds is 9. The summed E-state index contributed by atoms with van der Waals surface area (Å²) in [7, 11) is 1.68. The van der Waals surface area contributed by atoms with Gasteiger partial charge in [-0.1, -0.05) is 35.3 Å². The smallest absolute Gasteiger partial charge is 0.323 e. The van der Waals surface area contributed by atoms with E-state index in [9.17, 15) is 9.59 Å². The van der Waals surface area contributed by atoms with E-state index in [2.05, 4.69) is 36.7 Å². The molecule has 2 heterocycles. The van der Waals surface area contributed by atoms with Crippen LogP contribution in [-0.4, -0.2) is 89.5 Å². The Bertz CT molecular complexity index is 1430. The van der Waals surface area contributed by atoms with E-state index in [1.165, 1.54) is 0 Å². The summed E-state index contributed by atoms with van der Waals surface area (Å²) in [4.78, 5) is 33.1. The minimum Gasteiger partial charge on any atom is -0.495 e. The number of ether oxygens (including phenoxy) is 2. The van der Waals surface area contributed by atoms with Crippen molar-refractivity contribution in [1.29, 1.82) is 0 Å². The Morgan fingerprint density at radius 1 is 0.814 bits per heavy atom. The molecule has 2 fully saturated rings. The third-order valence-corrected chi connectivity index (χ3v) is 8.28. The van der Waals surface area contributed by atoms with Crippen molar-refractivity contribution in [3.8, 4) is 5.75 Å². The normalized spacial score (nSPS) is 15.6. The highest BCUT2D eigenvalue weighted by molar-refractivity contribution is 6.42. The second-order valence-corrected chi connectivity index (χ2v) is 11.1. The van der Waals surface area contributed by atoms with Crippen molar-refractivity contribution in [2.75, 3.05) is 93.1 Å². The number of hydrogen-bond acceptors (Lipinski definition) is 7. The molecule has 2 aliphatic heterocycles. The molecule has 3 aromatic rings. The first-order valence-corrected chi connectivity index (χ1v) is 15.0. The Hall–Kier alpha value is -3.70. The molecule has 5 rings (SSSR count). The maximum absolute atomic E-state index is 13.6. The van der Waals surface area contributed by atoms with E-state index in [4.69, 9.17) is 32.7 Å². The molecule has 3 N–H and O–H groups in total. The molecule has 0 unspecified atom stereocenters. The minimum absolute atomic E-state index is 0.191. The number of para-hydroxylation sites is 2.